The SMILES string of the molecule is CC(C)C(O)CCNC(=O)C1CCCN(C(=O)C(C)(C)C)C1. The Morgan fingerprint density at radius 3 is 2.50 bits per heavy atom. The fourth-order valence-electron chi connectivity index (χ4n) is 2.67. The number of piperidine rings is 1. The maximum Gasteiger partial charge on any atom is 0.227 e. The molecule has 128 valence electrons. The number of rotatable bonds is 5. The van der Waals surface area contributed by atoms with Crippen molar-refractivity contribution in [2.75, 3.05) is 19.6 Å². The van der Waals surface area contributed by atoms with Gasteiger partial charge in [0, 0.05) is 25.0 Å². The summed E-state index contributed by atoms with van der Waals surface area (Å²) in [7, 11) is 0. The fourth-order valence-corrected chi connectivity index (χ4v) is 2.67. The number of hydrogen-bond donors (Lipinski definition) is 2. The van der Waals surface area contributed by atoms with Crippen LogP contribution in [0.4, 0.5) is 0 Å². The smallest absolute Gasteiger partial charge is 0.227 e. The molecule has 0 spiro atoms. The minimum Gasteiger partial charge on any atom is -0.393 e. The molecule has 0 aromatic rings. The normalized spacial score (nSPS) is 20.9. The number of nitrogens with zero attached hydrogens (tertiary/aromatic N) is 1. The van der Waals surface area contributed by atoms with Crippen molar-refractivity contribution in [3.05, 3.63) is 0 Å². The van der Waals surface area contributed by atoms with Gasteiger partial charge in [0.1, 0.15) is 0 Å². The van der Waals surface area contributed by atoms with Crippen LogP contribution in [-0.2, 0) is 9.59 Å². The molecule has 5 nitrogen and oxygen atoms in total. The second kappa shape index (κ2) is 7.95. The average Bonchev–Trinajstić information content (AvgIpc) is 2.45. The molecule has 1 aliphatic rings. The minimum atomic E-state index is -0.403. The Labute approximate surface area is 134 Å². The van der Waals surface area contributed by atoms with E-state index in [1.165, 1.54) is 0 Å². The first-order valence-corrected chi connectivity index (χ1v) is 8.38. The van der Waals surface area contributed by atoms with Crippen LogP contribution >= 0.6 is 0 Å². The zero-order chi connectivity index (χ0) is 16.9. The van der Waals surface area contributed by atoms with Gasteiger partial charge in [-0.1, -0.05) is 34.6 Å². The maximum atomic E-state index is 12.3. The molecular weight excluding hydrogens is 280 g/mol. The average molecular weight is 312 g/mol. The maximum absolute atomic E-state index is 12.3. The number of carbonyl (C=O) groups excluding carboxylic acids is 2. The van der Waals surface area contributed by atoms with Crippen LogP contribution in [0.5, 0.6) is 0 Å². The number of aliphatic hydroxyl groups excluding tert-OH is 1. The Morgan fingerprint density at radius 1 is 1.32 bits per heavy atom. The van der Waals surface area contributed by atoms with E-state index in [0.29, 0.717) is 19.5 Å². The van der Waals surface area contributed by atoms with Gasteiger partial charge in [-0.3, -0.25) is 9.59 Å². The molecule has 22 heavy (non-hydrogen) atoms. The molecule has 1 rings (SSSR count). The van der Waals surface area contributed by atoms with Crippen LogP contribution in [0.1, 0.15) is 53.9 Å². The quantitative estimate of drug-likeness (QED) is 0.813. The second-order valence-corrected chi connectivity index (χ2v) is 7.73. The number of carbonyl (C=O) groups is 2. The second-order valence-electron chi connectivity index (χ2n) is 7.73. The molecule has 0 bridgehead atoms. The standard InChI is InChI=1S/C17H32N2O3/c1-12(2)14(20)8-9-18-15(21)13-7-6-10-19(11-13)16(22)17(3,4)5/h12-14,20H,6-11H2,1-5H3,(H,18,21). The molecule has 2 unspecified atom stereocenters. The Kier molecular flexibility index (Phi) is 6.85. The van der Waals surface area contributed by atoms with Crippen molar-refractivity contribution >= 4 is 11.8 Å². The highest BCUT2D eigenvalue weighted by Gasteiger charge is 2.33. The number of hydrogen-bond acceptors (Lipinski definition) is 3. The highest BCUT2D eigenvalue weighted by Crippen LogP contribution is 2.23. The third-order valence-corrected chi connectivity index (χ3v) is 4.23. The number of amides is 2. The lowest BCUT2D eigenvalue weighted by atomic mass is 9.91. The molecule has 1 aliphatic heterocycles. The summed E-state index contributed by atoms with van der Waals surface area (Å²) in [4.78, 5) is 26.4. The van der Waals surface area contributed by atoms with Crippen molar-refractivity contribution < 1.29 is 14.7 Å². The van der Waals surface area contributed by atoms with Crippen molar-refractivity contribution in [1.29, 1.82) is 0 Å². The van der Waals surface area contributed by atoms with Gasteiger partial charge < -0.3 is 15.3 Å². The van der Waals surface area contributed by atoms with E-state index in [2.05, 4.69) is 5.32 Å². The third-order valence-electron chi connectivity index (χ3n) is 4.23. The molecule has 0 radical (unpaired) electrons. The van der Waals surface area contributed by atoms with E-state index in [0.717, 1.165) is 19.4 Å². The molecule has 0 aromatic heterocycles. The number of nitrogens with one attached hydrogen (secondary N) is 1. The lowest BCUT2D eigenvalue weighted by molar-refractivity contribution is -0.142. The summed E-state index contributed by atoms with van der Waals surface area (Å²) in [5.41, 5.74) is -0.403. The summed E-state index contributed by atoms with van der Waals surface area (Å²) in [5.74, 6) is 0.185. The molecule has 1 fully saturated rings. The molecule has 2 atom stereocenters. The molecule has 5 heteroatoms. The van der Waals surface area contributed by atoms with E-state index in [1.54, 1.807) is 0 Å². The van der Waals surface area contributed by atoms with Crippen molar-refractivity contribution in [3.8, 4) is 0 Å². The van der Waals surface area contributed by atoms with Crippen LogP contribution in [0.3, 0.4) is 0 Å². The molecular formula is C17H32N2O3. The first-order chi connectivity index (χ1) is 10.1. The van der Waals surface area contributed by atoms with E-state index in [1.807, 2.05) is 39.5 Å². The molecule has 2 N–H and O–H groups in total. The summed E-state index contributed by atoms with van der Waals surface area (Å²) < 4.78 is 0. The first kappa shape index (κ1) is 18.9. The molecule has 2 amide bonds. The number of aliphatic hydroxyl groups is 1. The summed E-state index contributed by atoms with van der Waals surface area (Å²) in [6.45, 7) is 11.4. The Bertz CT molecular complexity index is 388. The van der Waals surface area contributed by atoms with E-state index in [4.69, 9.17) is 0 Å². The lowest BCUT2D eigenvalue weighted by Gasteiger charge is -2.36. The summed E-state index contributed by atoms with van der Waals surface area (Å²) in [5, 5.41) is 12.6. The lowest BCUT2D eigenvalue weighted by Crippen LogP contribution is -2.49. The van der Waals surface area contributed by atoms with Crippen LogP contribution in [-0.4, -0.2) is 47.6 Å². The fraction of sp³-hybridized carbons (Fsp3) is 0.882. The van der Waals surface area contributed by atoms with Gasteiger partial charge in [-0.05, 0) is 25.2 Å². The molecule has 0 saturated carbocycles. The minimum absolute atomic E-state index is 0.00219. The largest absolute Gasteiger partial charge is 0.393 e. The van der Waals surface area contributed by atoms with E-state index < -0.39 is 5.41 Å². The van der Waals surface area contributed by atoms with Gasteiger partial charge in [-0.25, -0.2) is 0 Å². The first-order valence-electron chi connectivity index (χ1n) is 8.38. The van der Waals surface area contributed by atoms with Crippen LogP contribution in [0.25, 0.3) is 0 Å². The van der Waals surface area contributed by atoms with Crippen molar-refractivity contribution in [2.45, 2.75) is 60.0 Å². The third kappa shape index (κ3) is 5.59. The van der Waals surface area contributed by atoms with Crippen LogP contribution in [0.15, 0.2) is 0 Å². The topological polar surface area (TPSA) is 69.6 Å². The molecule has 0 aromatic carbocycles. The predicted molar refractivity (Wildman–Crippen MR) is 87.2 cm³/mol. The summed E-state index contributed by atoms with van der Waals surface area (Å²) >= 11 is 0. The van der Waals surface area contributed by atoms with E-state index >= 15 is 0 Å². The number of likely N-dealkylation sites (tertiary alicyclic amines) is 1. The monoisotopic (exact) mass is 312 g/mol. The van der Waals surface area contributed by atoms with Gasteiger partial charge >= 0.3 is 0 Å². The van der Waals surface area contributed by atoms with E-state index in [9.17, 15) is 14.7 Å². The molecule has 0 aliphatic carbocycles. The van der Waals surface area contributed by atoms with Gasteiger partial charge in [-0.15, -0.1) is 0 Å². The van der Waals surface area contributed by atoms with Gasteiger partial charge in [0.15, 0.2) is 0 Å². The van der Waals surface area contributed by atoms with Crippen molar-refractivity contribution in [2.24, 2.45) is 17.3 Å². The Morgan fingerprint density at radius 2 is 1.95 bits per heavy atom. The highest BCUT2D eigenvalue weighted by molar-refractivity contribution is 5.83. The van der Waals surface area contributed by atoms with Crippen LogP contribution < -0.4 is 5.32 Å². The van der Waals surface area contributed by atoms with Crippen LogP contribution in [0.2, 0.25) is 0 Å². The van der Waals surface area contributed by atoms with Gasteiger partial charge in [0.25, 0.3) is 0 Å². The highest BCUT2D eigenvalue weighted by atomic mass is 16.3. The van der Waals surface area contributed by atoms with Gasteiger partial charge in [0.05, 0.1) is 12.0 Å². The van der Waals surface area contributed by atoms with E-state index in [-0.39, 0.29) is 29.8 Å². The Hall–Kier alpha value is -1.10. The van der Waals surface area contributed by atoms with Crippen LogP contribution in [0, 0.1) is 17.3 Å². The van der Waals surface area contributed by atoms with Crippen molar-refractivity contribution in [1.82, 2.24) is 10.2 Å². The molecule has 1 heterocycles. The predicted octanol–water partition coefficient (Wildman–Crippen LogP) is 1.79. The Balaban J connectivity index is 2.44. The summed E-state index contributed by atoms with van der Waals surface area (Å²) in [6, 6.07) is 0. The molecule has 1 saturated heterocycles. The summed E-state index contributed by atoms with van der Waals surface area (Å²) in [6.07, 6.45) is 1.88. The van der Waals surface area contributed by atoms with Crippen molar-refractivity contribution in [3.63, 3.8) is 0 Å². The van der Waals surface area contributed by atoms with Gasteiger partial charge in [0.2, 0.25) is 11.8 Å². The zero-order valence-electron chi connectivity index (χ0n) is 14.7. The van der Waals surface area contributed by atoms with Gasteiger partial charge in [-0.2, -0.15) is 0 Å². The zero-order valence-corrected chi connectivity index (χ0v) is 14.7.